The molecule has 0 unspecified atom stereocenters. The Kier molecular flexibility index (Phi) is 3.63. The van der Waals surface area contributed by atoms with E-state index in [1.165, 1.54) is 0 Å². The number of phenols is 1. The molecule has 0 saturated heterocycles. The van der Waals surface area contributed by atoms with Crippen molar-refractivity contribution in [2.24, 2.45) is 0 Å². The van der Waals surface area contributed by atoms with Crippen LogP contribution in [0.25, 0.3) is 11.3 Å². The molecule has 3 heterocycles. The fourth-order valence-electron chi connectivity index (χ4n) is 3.33. The molecular weight excluding hydrogens is 382 g/mol. The van der Waals surface area contributed by atoms with Gasteiger partial charge in [-0.3, -0.25) is 4.79 Å². The number of phenolic OH excluding ortho intramolecular Hbond substituents is 1. The van der Waals surface area contributed by atoms with Crippen LogP contribution in [-0.4, -0.2) is 35.5 Å². The number of hydrogen-bond donors (Lipinski definition) is 3. The van der Waals surface area contributed by atoms with Crippen LogP contribution < -0.4 is 10.9 Å². The number of aromatic hydroxyl groups is 1. The first-order chi connectivity index (χ1) is 13.6. The molecule has 1 atom stereocenters. The van der Waals surface area contributed by atoms with Crippen molar-refractivity contribution in [1.82, 2.24) is 30.4 Å². The molecule has 1 aliphatic heterocycles. The van der Waals surface area contributed by atoms with E-state index in [1.807, 2.05) is 12.1 Å². The standard InChI is InChI=1S/C18H12ClN7O2/c19-11-5-1-9(2-6-11)14-13-15(17(28)22-21-14)20-18-23-24-25-26(18)16(13)10-3-7-12(27)8-4-10/h1-8,16,27H,(H,22,28)(H,20,23,25)/t16-/m0/s1. The minimum absolute atomic E-state index is 0.136. The molecule has 5 rings (SSSR count). The second-order valence-electron chi connectivity index (χ2n) is 6.26. The summed E-state index contributed by atoms with van der Waals surface area (Å²) < 4.78 is 1.58. The van der Waals surface area contributed by atoms with Crippen LogP contribution in [0.15, 0.2) is 53.3 Å². The van der Waals surface area contributed by atoms with E-state index in [2.05, 4.69) is 31.0 Å². The Morgan fingerprint density at radius 3 is 2.57 bits per heavy atom. The van der Waals surface area contributed by atoms with E-state index in [0.29, 0.717) is 27.9 Å². The summed E-state index contributed by atoms with van der Waals surface area (Å²) in [6.45, 7) is 0. The molecule has 1 aliphatic rings. The maximum absolute atomic E-state index is 12.5. The predicted octanol–water partition coefficient (Wildman–Crippen LogP) is 2.48. The van der Waals surface area contributed by atoms with Crippen LogP contribution in [0.3, 0.4) is 0 Å². The minimum Gasteiger partial charge on any atom is -0.508 e. The molecule has 0 saturated carbocycles. The van der Waals surface area contributed by atoms with E-state index in [4.69, 9.17) is 11.6 Å². The molecule has 2 aromatic heterocycles. The molecule has 0 amide bonds. The molecule has 0 aliphatic carbocycles. The number of halogens is 1. The Morgan fingerprint density at radius 2 is 1.82 bits per heavy atom. The number of hydrogen-bond acceptors (Lipinski definition) is 7. The molecule has 10 heteroatoms. The number of tetrazole rings is 1. The molecule has 0 bridgehead atoms. The van der Waals surface area contributed by atoms with Gasteiger partial charge in [0.25, 0.3) is 5.56 Å². The number of nitrogens with zero attached hydrogens (tertiary/aromatic N) is 5. The highest BCUT2D eigenvalue weighted by Crippen LogP contribution is 2.41. The van der Waals surface area contributed by atoms with Gasteiger partial charge in [-0.1, -0.05) is 41.0 Å². The van der Waals surface area contributed by atoms with Crippen molar-refractivity contribution in [2.75, 3.05) is 5.32 Å². The van der Waals surface area contributed by atoms with Gasteiger partial charge in [0.05, 0.1) is 5.69 Å². The highest BCUT2D eigenvalue weighted by molar-refractivity contribution is 6.30. The van der Waals surface area contributed by atoms with Gasteiger partial charge in [-0.25, -0.2) is 5.10 Å². The quantitative estimate of drug-likeness (QED) is 0.421. The monoisotopic (exact) mass is 393 g/mol. The third kappa shape index (κ3) is 2.52. The van der Waals surface area contributed by atoms with Gasteiger partial charge in [-0.15, -0.1) is 0 Å². The predicted molar refractivity (Wildman–Crippen MR) is 102 cm³/mol. The van der Waals surface area contributed by atoms with Gasteiger partial charge in [0.2, 0.25) is 5.95 Å². The van der Waals surface area contributed by atoms with Gasteiger partial charge < -0.3 is 10.4 Å². The summed E-state index contributed by atoms with van der Waals surface area (Å²) in [4.78, 5) is 12.5. The van der Waals surface area contributed by atoms with Crippen LogP contribution in [0.1, 0.15) is 17.2 Å². The topological polar surface area (TPSA) is 122 Å². The number of H-pyrrole nitrogens is 1. The lowest BCUT2D eigenvalue weighted by molar-refractivity contribution is 0.474. The van der Waals surface area contributed by atoms with Crippen LogP contribution in [0, 0.1) is 0 Å². The Labute approximate surface area is 162 Å². The summed E-state index contributed by atoms with van der Waals surface area (Å²) in [6, 6.07) is 13.3. The van der Waals surface area contributed by atoms with Gasteiger partial charge in [-0.2, -0.15) is 9.78 Å². The number of benzene rings is 2. The van der Waals surface area contributed by atoms with E-state index in [-0.39, 0.29) is 11.3 Å². The lowest BCUT2D eigenvalue weighted by Gasteiger charge is -2.27. The Hall–Kier alpha value is -3.72. The average molecular weight is 394 g/mol. The summed E-state index contributed by atoms with van der Waals surface area (Å²) in [5.41, 5.74) is 2.69. The Balaban J connectivity index is 1.81. The second kappa shape index (κ2) is 6.17. The van der Waals surface area contributed by atoms with E-state index < -0.39 is 6.04 Å². The molecule has 4 aromatic rings. The smallest absolute Gasteiger partial charge is 0.288 e. The number of aromatic amines is 1. The van der Waals surface area contributed by atoms with Crippen LogP contribution in [-0.2, 0) is 0 Å². The third-order valence-electron chi connectivity index (χ3n) is 4.59. The fraction of sp³-hybridized carbons (Fsp3) is 0.0556. The fourth-order valence-corrected chi connectivity index (χ4v) is 3.46. The van der Waals surface area contributed by atoms with Gasteiger partial charge in [0.1, 0.15) is 17.5 Å². The first-order valence-electron chi connectivity index (χ1n) is 8.34. The molecule has 0 spiro atoms. The maximum atomic E-state index is 12.5. The SMILES string of the molecule is O=c1[nH]nc(-c2ccc(Cl)cc2)c2c1Nc1nnnn1[C@H]2c1ccc(O)cc1. The number of anilines is 2. The molecule has 2 aromatic carbocycles. The van der Waals surface area contributed by atoms with Gasteiger partial charge in [0.15, 0.2) is 0 Å². The van der Waals surface area contributed by atoms with E-state index in [9.17, 15) is 9.90 Å². The first-order valence-corrected chi connectivity index (χ1v) is 8.72. The van der Waals surface area contributed by atoms with Gasteiger partial charge >= 0.3 is 0 Å². The van der Waals surface area contributed by atoms with Crippen molar-refractivity contribution in [2.45, 2.75) is 6.04 Å². The van der Waals surface area contributed by atoms with Crippen LogP contribution in [0.2, 0.25) is 5.02 Å². The number of aromatic nitrogens is 6. The minimum atomic E-state index is -0.512. The zero-order valence-corrected chi connectivity index (χ0v) is 14.9. The maximum Gasteiger partial charge on any atom is 0.288 e. The average Bonchev–Trinajstić information content (AvgIpc) is 3.17. The summed E-state index contributed by atoms with van der Waals surface area (Å²) in [6.07, 6.45) is 0. The number of rotatable bonds is 2. The van der Waals surface area contributed by atoms with Crippen LogP contribution >= 0.6 is 11.6 Å². The molecule has 3 N–H and O–H groups in total. The zero-order chi connectivity index (χ0) is 19.3. The van der Waals surface area contributed by atoms with E-state index >= 15 is 0 Å². The molecule has 9 nitrogen and oxygen atoms in total. The summed E-state index contributed by atoms with van der Waals surface area (Å²) >= 11 is 6.01. The first kappa shape index (κ1) is 16.5. The normalized spacial score (nSPS) is 14.8. The van der Waals surface area contributed by atoms with Crippen molar-refractivity contribution >= 4 is 23.2 Å². The lowest BCUT2D eigenvalue weighted by Crippen LogP contribution is -2.29. The zero-order valence-electron chi connectivity index (χ0n) is 14.2. The van der Waals surface area contributed by atoms with Crippen molar-refractivity contribution < 1.29 is 5.11 Å². The third-order valence-corrected chi connectivity index (χ3v) is 4.85. The highest BCUT2D eigenvalue weighted by atomic mass is 35.5. The molecule has 0 radical (unpaired) electrons. The number of nitrogens with one attached hydrogen (secondary N) is 2. The van der Waals surface area contributed by atoms with E-state index in [1.54, 1.807) is 41.1 Å². The van der Waals surface area contributed by atoms with Gasteiger partial charge in [0, 0.05) is 16.1 Å². The van der Waals surface area contributed by atoms with Crippen molar-refractivity contribution in [3.8, 4) is 17.0 Å². The Morgan fingerprint density at radius 1 is 1.07 bits per heavy atom. The molecule has 28 heavy (non-hydrogen) atoms. The second-order valence-corrected chi connectivity index (χ2v) is 6.70. The van der Waals surface area contributed by atoms with Crippen LogP contribution in [0.4, 0.5) is 11.6 Å². The van der Waals surface area contributed by atoms with Gasteiger partial charge in [-0.05, 0) is 40.3 Å². The van der Waals surface area contributed by atoms with Crippen molar-refractivity contribution in [3.05, 3.63) is 75.0 Å². The van der Waals surface area contributed by atoms with Crippen molar-refractivity contribution in [3.63, 3.8) is 0 Å². The largest absolute Gasteiger partial charge is 0.508 e. The lowest BCUT2D eigenvalue weighted by atomic mass is 9.92. The summed E-state index contributed by atoms with van der Waals surface area (Å²) in [5, 5.41) is 31.8. The summed E-state index contributed by atoms with van der Waals surface area (Å²) in [5.74, 6) is 0.473. The van der Waals surface area contributed by atoms with Crippen molar-refractivity contribution in [1.29, 1.82) is 0 Å². The molecule has 0 fully saturated rings. The summed E-state index contributed by atoms with van der Waals surface area (Å²) in [7, 11) is 0. The number of fused-ring (bicyclic) bond motifs is 2. The molecular formula is C18H12ClN7O2. The Bertz CT molecular complexity index is 1230. The van der Waals surface area contributed by atoms with E-state index in [0.717, 1.165) is 11.1 Å². The highest BCUT2D eigenvalue weighted by Gasteiger charge is 2.34. The molecule has 138 valence electrons. The van der Waals surface area contributed by atoms with Crippen LogP contribution in [0.5, 0.6) is 5.75 Å².